The lowest BCUT2D eigenvalue weighted by Gasteiger charge is -2.12. The quantitative estimate of drug-likeness (QED) is 0.905. The minimum Gasteiger partial charge on any atom is -0.464 e. The van der Waals surface area contributed by atoms with Gasteiger partial charge in [-0.25, -0.2) is 4.39 Å². The van der Waals surface area contributed by atoms with Crippen LogP contribution in [-0.2, 0) is 4.79 Å². The van der Waals surface area contributed by atoms with Crippen LogP contribution < -0.4 is 10.6 Å². The molecular formula is C15H15FN2O2. The smallest absolute Gasteiger partial charge is 0.241 e. The Balaban J connectivity index is 1.81. The van der Waals surface area contributed by atoms with Crippen LogP contribution in [0, 0.1) is 5.82 Å². The van der Waals surface area contributed by atoms with Gasteiger partial charge in [-0.05, 0) is 49.7 Å². The molecule has 1 aromatic carbocycles. The highest BCUT2D eigenvalue weighted by Crippen LogP contribution is 2.25. The lowest BCUT2D eigenvalue weighted by Crippen LogP contribution is -2.35. The Morgan fingerprint density at radius 2 is 2.30 bits per heavy atom. The molecule has 1 aliphatic rings. The van der Waals surface area contributed by atoms with E-state index in [2.05, 4.69) is 10.6 Å². The number of amides is 1. The number of carbonyl (C=O) groups is 1. The Morgan fingerprint density at radius 1 is 1.40 bits per heavy atom. The zero-order valence-electron chi connectivity index (χ0n) is 10.9. The Kier molecular flexibility index (Phi) is 3.52. The summed E-state index contributed by atoms with van der Waals surface area (Å²) in [6, 6.07) is 7.85. The maximum absolute atomic E-state index is 13.8. The van der Waals surface area contributed by atoms with E-state index in [9.17, 15) is 9.18 Å². The second-order valence-corrected chi connectivity index (χ2v) is 4.81. The number of hydrogen-bond acceptors (Lipinski definition) is 3. The summed E-state index contributed by atoms with van der Waals surface area (Å²) in [5, 5.41) is 5.72. The first-order valence-corrected chi connectivity index (χ1v) is 6.62. The van der Waals surface area contributed by atoms with Crippen LogP contribution >= 0.6 is 0 Å². The number of halogens is 1. The molecule has 4 nitrogen and oxygen atoms in total. The highest BCUT2D eigenvalue weighted by Gasteiger charge is 2.22. The van der Waals surface area contributed by atoms with E-state index in [4.69, 9.17) is 4.42 Å². The summed E-state index contributed by atoms with van der Waals surface area (Å²) in [6.07, 6.45) is 3.30. The van der Waals surface area contributed by atoms with Crippen LogP contribution in [0.3, 0.4) is 0 Å². The van der Waals surface area contributed by atoms with Crippen LogP contribution in [0.25, 0.3) is 11.3 Å². The van der Waals surface area contributed by atoms with Gasteiger partial charge in [-0.1, -0.05) is 0 Å². The molecule has 20 heavy (non-hydrogen) atoms. The van der Waals surface area contributed by atoms with Gasteiger partial charge in [0, 0.05) is 5.56 Å². The van der Waals surface area contributed by atoms with E-state index in [-0.39, 0.29) is 17.6 Å². The summed E-state index contributed by atoms with van der Waals surface area (Å²) in [4.78, 5) is 12.0. The fourth-order valence-electron chi connectivity index (χ4n) is 2.35. The first-order valence-electron chi connectivity index (χ1n) is 6.62. The molecule has 0 saturated carbocycles. The van der Waals surface area contributed by atoms with E-state index in [0.717, 1.165) is 24.9 Å². The molecule has 1 amide bonds. The molecule has 2 N–H and O–H groups in total. The monoisotopic (exact) mass is 274 g/mol. The molecule has 0 bridgehead atoms. The lowest BCUT2D eigenvalue weighted by atomic mass is 10.1. The van der Waals surface area contributed by atoms with E-state index >= 15 is 0 Å². The van der Waals surface area contributed by atoms with Crippen LogP contribution in [0.5, 0.6) is 0 Å². The second-order valence-electron chi connectivity index (χ2n) is 4.81. The molecule has 1 saturated heterocycles. The van der Waals surface area contributed by atoms with Gasteiger partial charge in [-0.3, -0.25) is 4.79 Å². The largest absolute Gasteiger partial charge is 0.464 e. The molecule has 2 aromatic rings. The van der Waals surface area contributed by atoms with Gasteiger partial charge in [0.15, 0.2) is 0 Å². The van der Waals surface area contributed by atoms with Crippen molar-refractivity contribution < 1.29 is 13.6 Å². The van der Waals surface area contributed by atoms with E-state index in [0.29, 0.717) is 5.76 Å². The fraction of sp³-hybridized carbons (Fsp3) is 0.267. The SMILES string of the molecule is O=C(Nc1cc(-c2ccco2)ccc1F)C1CCCN1. The Bertz CT molecular complexity index is 604. The second kappa shape index (κ2) is 5.46. The predicted molar refractivity (Wildman–Crippen MR) is 73.8 cm³/mol. The number of rotatable bonds is 3. The van der Waals surface area contributed by atoms with Gasteiger partial charge < -0.3 is 15.1 Å². The van der Waals surface area contributed by atoms with Gasteiger partial charge in [-0.15, -0.1) is 0 Å². The molecule has 1 aliphatic heterocycles. The average Bonchev–Trinajstić information content (AvgIpc) is 3.14. The molecule has 1 atom stereocenters. The van der Waals surface area contributed by atoms with Gasteiger partial charge >= 0.3 is 0 Å². The van der Waals surface area contributed by atoms with Crippen molar-refractivity contribution in [3.63, 3.8) is 0 Å². The van der Waals surface area contributed by atoms with Gasteiger partial charge in [0.2, 0.25) is 5.91 Å². The van der Waals surface area contributed by atoms with Crippen LogP contribution in [0.4, 0.5) is 10.1 Å². The molecule has 0 spiro atoms. The first-order chi connectivity index (χ1) is 9.74. The molecule has 3 rings (SSSR count). The number of furan rings is 1. The van der Waals surface area contributed by atoms with Crippen molar-refractivity contribution in [2.24, 2.45) is 0 Å². The van der Waals surface area contributed by atoms with Crippen LogP contribution in [-0.4, -0.2) is 18.5 Å². The van der Waals surface area contributed by atoms with Crippen LogP contribution in [0.2, 0.25) is 0 Å². The van der Waals surface area contributed by atoms with Gasteiger partial charge in [0.25, 0.3) is 0 Å². The standard InChI is InChI=1S/C15H15FN2O2/c16-11-6-5-10(14-4-2-8-20-14)9-13(11)18-15(19)12-3-1-7-17-12/h2,4-6,8-9,12,17H,1,3,7H2,(H,18,19). The van der Waals surface area contributed by atoms with Gasteiger partial charge in [0.05, 0.1) is 18.0 Å². The molecule has 0 aliphatic carbocycles. The molecule has 2 heterocycles. The fourth-order valence-corrected chi connectivity index (χ4v) is 2.35. The third-order valence-electron chi connectivity index (χ3n) is 3.41. The van der Waals surface area contributed by atoms with E-state index in [1.165, 1.54) is 6.07 Å². The van der Waals surface area contributed by atoms with Crippen molar-refractivity contribution in [1.82, 2.24) is 5.32 Å². The number of hydrogen-bond donors (Lipinski definition) is 2. The van der Waals surface area contributed by atoms with Gasteiger partial charge in [0.1, 0.15) is 11.6 Å². The van der Waals surface area contributed by atoms with Crippen molar-refractivity contribution >= 4 is 11.6 Å². The average molecular weight is 274 g/mol. The first kappa shape index (κ1) is 12.9. The summed E-state index contributed by atoms with van der Waals surface area (Å²) < 4.78 is 19.1. The van der Waals surface area contributed by atoms with Gasteiger partial charge in [-0.2, -0.15) is 0 Å². The molecule has 1 unspecified atom stereocenters. The zero-order chi connectivity index (χ0) is 13.9. The Hall–Kier alpha value is -2.14. The van der Waals surface area contributed by atoms with Crippen LogP contribution in [0.1, 0.15) is 12.8 Å². The Morgan fingerprint density at radius 3 is 3.00 bits per heavy atom. The van der Waals surface area contributed by atoms with E-state index in [1.807, 2.05) is 0 Å². The lowest BCUT2D eigenvalue weighted by molar-refractivity contribution is -0.117. The summed E-state index contributed by atoms with van der Waals surface area (Å²) in [6.45, 7) is 0.826. The van der Waals surface area contributed by atoms with Crippen molar-refractivity contribution in [2.75, 3.05) is 11.9 Å². The van der Waals surface area contributed by atoms with E-state index < -0.39 is 5.82 Å². The van der Waals surface area contributed by atoms with Crippen molar-refractivity contribution in [3.8, 4) is 11.3 Å². The number of nitrogens with one attached hydrogen (secondary N) is 2. The minimum atomic E-state index is -0.452. The van der Waals surface area contributed by atoms with Crippen molar-refractivity contribution in [1.29, 1.82) is 0 Å². The van der Waals surface area contributed by atoms with Crippen molar-refractivity contribution in [2.45, 2.75) is 18.9 Å². The molecule has 5 heteroatoms. The predicted octanol–water partition coefficient (Wildman–Crippen LogP) is 2.78. The maximum atomic E-state index is 13.8. The molecule has 0 radical (unpaired) electrons. The summed E-state index contributed by atoms with van der Waals surface area (Å²) in [5.41, 5.74) is 0.906. The summed E-state index contributed by atoms with van der Waals surface area (Å²) in [5.74, 6) is -0.0101. The minimum absolute atomic E-state index is 0.178. The summed E-state index contributed by atoms with van der Waals surface area (Å²) >= 11 is 0. The summed E-state index contributed by atoms with van der Waals surface area (Å²) in [7, 11) is 0. The number of anilines is 1. The van der Waals surface area contributed by atoms with Crippen LogP contribution in [0.15, 0.2) is 41.0 Å². The highest BCUT2D eigenvalue weighted by atomic mass is 19.1. The highest BCUT2D eigenvalue weighted by molar-refractivity contribution is 5.95. The Labute approximate surface area is 116 Å². The van der Waals surface area contributed by atoms with Crippen molar-refractivity contribution in [3.05, 3.63) is 42.4 Å². The normalized spacial score (nSPS) is 18.1. The molecule has 104 valence electrons. The molecular weight excluding hydrogens is 259 g/mol. The number of benzene rings is 1. The van der Waals surface area contributed by atoms with E-state index in [1.54, 1.807) is 30.5 Å². The maximum Gasteiger partial charge on any atom is 0.241 e. The zero-order valence-corrected chi connectivity index (χ0v) is 10.9. The third-order valence-corrected chi connectivity index (χ3v) is 3.41. The topological polar surface area (TPSA) is 54.3 Å². The molecule has 1 fully saturated rings. The number of carbonyl (C=O) groups excluding carboxylic acids is 1. The third kappa shape index (κ3) is 2.58. The molecule has 1 aromatic heterocycles.